The van der Waals surface area contributed by atoms with Crippen molar-refractivity contribution in [3.8, 4) is 0 Å². The molecule has 16 heavy (non-hydrogen) atoms. The molecule has 0 aromatic carbocycles. The van der Waals surface area contributed by atoms with Gasteiger partial charge < -0.3 is 9.73 Å². The van der Waals surface area contributed by atoms with Gasteiger partial charge in [-0.1, -0.05) is 13.0 Å². The number of hydrogen-bond acceptors (Lipinski definition) is 3. The summed E-state index contributed by atoms with van der Waals surface area (Å²) >= 11 is 5.21. The average Bonchev–Trinajstić information content (AvgIpc) is 2.91. The first kappa shape index (κ1) is 11.9. The number of halogens is 1. The molecule has 2 aromatic heterocycles. The van der Waals surface area contributed by atoms with Crippen molar-refractivity contribution in [2.45, 2.75) is 19.4 Å². The molecular formula is C12H14BrNOS. The lowest BCUT2D eigenvalue weighted by atomic mass is 10.1. The molecule has 0 aliphatic carbocycles. The minimum absolute atomic E-state index is 0.230. The SMILES string of the molecule is CCCNC(c1cccs1)c1ccoc1Br. The molecule has 0 radical (unpaired) electrons. The van der Waals surface area contributed by atoms with Crippen LogP contribution in [0.5, 0.6) is 0 Å². The van der Waals surface area contributed by atoms with Crippen LogP contribution in [0.15, 0.2) is 38.9 Å². The van der Waals surface area contributed by atoms with Crippen LogP contribution in [0.2, 0.25) is 0 Å². The maximum absolute atomic E-state index is 5.30. The normalized spacial score (nSPS) is 12.9. The molecule has 0 amide bonds. The summed E-state index contributed by atoms with van der Waals surface area (Å²) in [6, 6.07) is 6.47. The van der Waals surface area contributed by atoms with E-state index in [0.29, 0.717) is 0 Å². The van der Waals surface area contributed by atoms with Gasteiger partial charge in [-0.3, -0.25) is 0 Å². The van der Waals surface area contributed by atoms with Crippen molar-refractivity contribution in [1.82, 2.24) is 5.32 Å². The minimum Gasteiger partial charge on any atom is -0.457 e. The van der Waals surface area contributed by atoms with Crippen molar-refractivity contribution < 1.29 is 4.42 Å². The molecule has 0 fully saturated rings. The molecule has 2 nitrogen and oxygen atoms in total. The molecule has 2 rings (SSSR count). The van der Waals surface area contributed by atoms with Gasteiger partial charge in [0.15, 0.2) is 4.67 Å². The van der Waals surface area contributed by atoms with Crippen LogP contribution >= 0.6 is 27.3 Å². The van der Waals surface area contributed by atoms with E-state index in [2.05, 4.69) is 45.7 Å². The molecule has 0 saturated carbocycles. The first-order valence-corrected chi connectivity index (χ1v) is 7.00. The standard InChI is InChI=1S/C12H14BrNOS/c1-2-6-14-11(10-4-3-8-16-10)9-5-7-15-12(9)13/h3-5,7-8,11,14H,2,6H2,1H3. The van der Waals surface area contributed by atoms with Gasteiger partial charge in [0, 0.05) is 10.4 Å². The fourth-order valence-corrected chi connectivity index (χ4v) is 2.91. The van der Waals surface area contributed by atoms with E-state index in [4.69, 9.17) is 4.42 Å². The van der Waals surface area contributed by atoms with E-state index >= 15 is 0 Å². The Morgan fingerprint density at radius 1 is 1.50 bits per heavy atom. The third-order valence-electron chi connectivity index (χ3n) is 2.38. The number of thiophene rings is 1. The Morgan fingerprint density at radius 2 is 2.38 bits per heavy atom. The zero-order valence-electron chi connectivity index (χ0n) is 9.07. The van der Waals surface area contributed by atoms with Crippen LogP contribution in [0.3, 0.4) is 0 Å². The van der Waals surface area contributed by atoms with Gasteiger partial charge in [0.25, 0.3) is 0 Å². The van der Waals surface area contributed by atoms with Gasteiger partial charge in [0.1, 0.15) is 0 Å². The van der Waals surface area contributed by atoms with Crippen LogP contribution in [0.1, 0.15) is 29.8 Å². The van der Waals surface area contributed by atoms with E-state index in [-0.39, 0.29) is 6.04 Å². The van der Waals surface area contributed by atoms with Gasteiger partial charge in [-0.05, 0) is 46.4 Å². The third-order valence-corrected chi connectivity index (χ3v) is 3.97. The summed E-state index contributed by atoms with van der Waals surface area (Å²) in [6.07, 6.45) is 2.84. The summed E-state index contributed by atoms with van der Waals surface area (Å²) in [5.74, 6) is 0. The van der Waals surface area contributed by atoms with Gasteiger partial charge in [-0.25, -0.2) is 0 Å². The molecule has 1 N–H and O–H groups in total. The van der Waals surface area contributed by atoms with Crippen LogP contribution in [0, 0.1) is 0 Å². The fourth-order valence-electron chi connectivity index (χ4n) is 1.62. The largest absolute Gasteiger partial charge is 0.457 e. The lowest BCUT2D eigenvalue weighted by molar-refractivity contribution is 0.525. The molecular weight excluding hydrogens is 286 g/mol. The average molecular weight is 300 g/mol. The molecule has 86 valence electrons. The van der Waals surface area contributed by atoms with Crippen LogP contribution < -0.4 is 5.32 Å². The Hall–Kier alpha value is -0.580. The number of nitrogens with one attached hydrogen (secondary N) is 1. The summed E-state index contributed by atoms with van der Waals surface area (Å²) in [4.78, 5) is 1.32. The van der Waals surface area contributed by atoms with Gasteiger partial charge >= 0.3 is 0 Å². The second-order valence-corrected chi connectivity index (χ2v) is 5.25. The van der Waals surface area contributed by atoms with Crippen LogP contribution in [-0.4, -0.2) is 6.54 Å². The molecule has 0 spiro atoms. The third kappa shape index (κ3) is 2.56. The Kier molecular flexibility index (Phi) is 4.21. The van der Waals surface area contributed by atoms with Crippen LogP contribution in [0.25, 0.3) is 0 Å². The van der Waals surface area contributed by atoms with Gasteiger partial charge in [0.05, 0.1) is 12.3 Å². The van der Waals surface area contributed by atoms with Gasteiger partial charge in [-0.2, -0.15) is 0 Å². The highest BCUT2D eigenvalue weighted by molar-refractivity contribution is 9.10. The van der Waals surface area contributed by atoms with E-state index < -0.39 is 0 Å². The van der Waals surface area contributed by atoms with E-state index in [0.717, 1.165) is 23.2 Å². The van der Waals surface area contributed by atoms with Crippen molar-refractivity contribution in [2.24, 2.45) is 0 Å². The summed E-state index contributed by atoms with van der Waals surface area (Å²) in [5.41, 5.74) is 1.16. The van der Waals surface area contributed by atoms with Crippen LogP contribution in [-0.2, 0) is 0 Å². The quantitative estimate of drug-likeness (QED) is 0.895. The summed E-state index contributed by atoms with van der Waals surface area (Å²) in [6.45, 7) is 3.17. The molecule has 2 heterocycles. The van der Waals surface area contributed by atoms with Crippen molar-refractivity contribution in [1.29, 1.82) is 0 Å². The number of rotatable bonds is 5. The molecule has 0 bridgehead atoms. The Bertz CT molecular complexity index is 424. The highest BCUT2D eigenvalue weighted by Gasteiger charge is 2.18. The van der Waals surface area contributed by atoms with Gasteiger partial charge in [0.2, 0.25) is 0 Å². The zero-order valence-corrected chi connectivity index (χ0v) is 11.5. The van der Waals surface area contributed by atoms with E-state index in [1.807, 2.05) is 6.07 Å². The summed E-state index contributed by atoms with van der Waals surface area (Å²) in [5, 5.41) is 5.64. The summed E-state index contributed by atoms with van der Waals surface area (Å²) < 4.78 is 6.12. The van der Waals surface area contributed by atoms with Crippen molar-refractivity contribution in [3.05, 3.63) is 45.0 Å². The second-order valence-electron chi connectivity index (χ2n) is 3.55. The molecule has 0 aliphatic rings. The predicted molar refractivity (Wildman–Crippen MR) is 70.9 cm³/mol. The topological polar surface area (TPSA) is 25.2 Å². The van der Waals surface area contributed by atoms with E-state index in [9.17, 15) is 0 Å². The van der Waals surface area contributed by atoms with Crippen molar-refractivity contribution >= 4 is 27.3 Å². The molecule has 0 saturated heterocycles. The predicted octanol–water partition coefficient (Wildman–Crippen LogP) is 4.19. The minimum atomic E-state index is 0.230. The summed E-state index contributed by atoms with van der Waals surface area (Å²) in [7, 11) is 0. The van der Waals surface area contributed by atoms with Crippen LogP contribution in [0.4, 0.5) is 0 Å². The van der Waals surface area contributed by atoms with Gasteiger partial charge in [-0.15, -0.1) is 11.3 Å². The lowest BCUT2D eigenvalue weighted by Crippen LogP contribution is -2.22. The second kappa shape index (κ2) is 5.66. The first-order valence-electron chi connectivity index (χ1n) is 5.32. The zero-order chi connectivity index (χ0) is 11.4. The molecule has 2 aromatic rings. The van der Waals surface area contributed by atoms with Crippen molar-refractivity contribution in [2.75, 3.05) is 6.54 Å². The maximum atomic E-state index is 5.30. The molecule has 1 atom stereocenters. The number of hydrogen-bond donors (Lipinski definition) is 1. The lowest BCUT2D eigenvalue weighted by Gasteiger charge is -2.15. The first-order chi connectivity index (χ1) is 7.83. The highest BCUT2D eigenvalue weighted by atomic mass is 79.9. The fraction of sp³-hybridized carbons (Fsp3) is 0.333. The van der Waals surface area contributed by atoms with Crippen molar-refractivity contribution in [3.63, 3.8) is 0 Å². The monoisotopic (exact) mass is 299 g/mol. The Labute approximate surface area is 108 Å². The number of furan rings is 1. The maximum Gasteiger partial charge on any atom is 0.174 e. The highest BCUT2D eigenvalue weighted by Crippen LogP contribution is 2.31. The molecule has 1 unspecified atom stereocenters. The van der Waals surface area contributed by atoms with E-state index in [1.165, 1.54) is 4.88 Å². The molecule has 4 heteroatoms. The molecule has 0 aliphatic heterocycles. The van der Waals surface area contributed by atoms with E-state index in [1.54, 1.807) is 17.6 Å². The Balaban J connectivity index is 2.25. The smallest absolute Gasteiger partial charge is 0.174 e. The Morgan fingerprint density at radius 3 is 2.94 bits per heavy atom.